The molecular weight excluding hydrogens is 538 g/mol. The molecule has 0 spiro atoms. The van der Waals surface area contributed by atoms with Crippen LogP contribution in [0.25, 0.3) is 6.08 Å². The van der Waals surface area contributed by atoms with Crippen molar-refractivity contribution in [1.82, 2.24) is 5.32 Å². The number of amides is 1. The van der Waals surface area contributed by atoms with E-state index in [2.05, 4.69) is 5.32 Å². The lowest BCUT2D eigenvalue weighted by atomic mass is 10.0. The molecule has 41 heavy (non-hydrogen) atoms. The van der Waals surface area contributed by atoms with Crippen LogP contribution in [0.5, 0.6) is 23.0 Å². The molecule has 0 aliphatic carbocycles. The fraction of sp³-hybridized carbons (Fsp3) is 0.379. The van der Waals surface area contributed by atoms with Crippen molar-refractivity contribution in [1.29, 1.82) is 0 Å². The SMILES string of the molecule is COc1ccc(C=CC(=O)c2c(OC)cc(OC)cc2OC2CC(OC(C)=O)C(OC(C)=O)C(NC(C)=O)O2)cc1. The largest absolute Gasteiger partial charge is 0.497 e. The van der Waals surface area contributed by atoms with E-state index in [0.717, 1.165) is 5.56 Å². The van der Waals surface area contributed by atoms with Gasteiger partial charge in [-0.3, -0.25) is 19.2 Å². The Hall–Kier alpha value is -4.58. The molecule has 12 nitrogen and oxygen atoms in total. The zero-order valence-electron chi connectivity index (χ0n) is 23.6. The van der Waals surface area contributed by atoms with Gasteiger partial charge in [-0.1, -0.05) is 18.2 Å². The highest BCUT2D eigenvalue weighted by atomic mass is 16.7. The number of rotatable bonds is 11. The Labute approximate surface area is 237 Å². The standard InChI is InChI=1S/C29H33NO11/c1-16(31)30-29-28(39-18(3)33)25(38-17(2)32)15-26(41-29)40-24-14-21(36-5)13-23(37-6)27(24)22(34)12-9-19-7-10-20(35-4)11-8-19/h7-14,25-26,28-29H,15H2,1-6H3,(H,30,31). The Bertz CT molecular complexity index is 1260. The highest BCUT2D eigenvalue weighted by Gasteiger charge is 2.45. The second kappa shape index (κ2) is 14.2. The fourth-order valence-electron chi connectivity index (χ4n) is 4.16. The molecule has 1 aliphatic rings. The number of ether oxygens (including phenoxy) is 7. The van der Waals surface area contributed by atoms with E-state index in [1.165, 1.54) is 53.2 Å². The van der Waals surface area contributed by atoms with Gasteiger partial charge in [0.1, 0.15) is 34.7 Å². The molecule has 12 heteroatoms. The van der Waals surface area contributed by atoms with E-state index in [-0.39, 0.29) is 23.5 Å². The first-order chi connectivity index (χ1) is 19.5. The first kappa shape index (κ1) is 31.0. The lowest BCUT2D eigenvalue weighted by Gasteiger charge is -2.40. The Morgan fingerprint density at radius 2 is 1.49 bits per heavy atom. The van der Waals surface area contributed by atoms with Crippen LogP contribution in [0.4, 0.5) is 0 Å². The predicted molar refractivity (Wildman–Crippen MR) is 145 cm³/mol. The van der Waals surface area contributed by atoms with Crippen LogP contribution in [0.2, 0.25) is 0 Å². The molecule has 0 radical (unpaired) electrons. The Kier molecular flexibility index (Phi) is 10.7. The smallest absolute Gasteiger partial charge is 0.303 e. The van der Waals surface area contributed by atoms with Crippen molar-refractivity contribution in [3.05, 3.63) is 53.6 Å². The average molecular weight is 572 g/mol. The van der Waals surface area contributed by atoms with Crippen molar-refractivity contribution >= 4 is 29.7 Å². The molecule has 4 unspecified atom stereocenters. The summed E-state index contributed by atoms with van der Waals surface area (Å²) in [7, 11) is 4.39. The number of carbonyl (C=O) groups is 4. The van der Waals surface area contributed by atoms with Crippen molar-refractivity contribution in [3.63, 3.8) is 0 Å². The zero-order chi connectivity index (χ0) is 30.1. The van der Waals surface area contributed by atoms with Crippen LogP contribution in [0.3, 0.4) is 0 Å². The van der Waals surface area contributed by atoms with Gasteiger partial charge in [-0.2, -0.15) is 0 Å². The van der Waals surface area contributed by atoms with E-state index in [1.54, 1.807) is 37.5 Å². The maximum absolute atomic E-state index is 13.4. The van der Waals surface area contributed by atoms with E-state index in [0.29, 0.717) is 11.5 Å². The molecule has 1 heterocycles. The van der Waals surface area contributed by atoms with E-state index >= 15 is 0 Å². The van der Waals surface area contributed by atoms with Gasteiger partial charge in [-0.15, -0.1) is 0 Å². The van der Waals surface area contributed by atoms with Crippen LogP contribution in [0.15, 0.2) is 42.5 Å². The summed E-state index contributed by atoms with van der Waals surface area (Å²) >= 11 is 0. The molecule has 220 valence electrons. The second-order valence-corrected chi connectivity index (χ2v) is 8.94. The normalized spacial score (nSPS) is 20.0. The highest BCUT2D eigenvalue weighted by molar-refractivity contribution is 6.10. The molecule has 1 N–H and O–H groups in total. The van der Waals surface area contributed by atoms with Gasteiger partial charge in [0.2, 0.25) is 12.2 Å². The Balaban J connectivity index is 1.97. The molecule has 1 amide bonds. The van der Waals surface area contributed by atoms with Gasteiger partial charge in [-0.25, -0.2) is 0 Å². The molecule has 0 bridgehead atoms. The number of carbonyl (C=O) groups excluding carboxylic acids is 4. The molecule has 1 fully saturated rings. The maximum atomic E-state index is 13.4. The third-order valence-electron chi connectivity index (χ3n) is 5.90. The summed E-state index contributed by atoms with van der Waals surface area (Å²) in [5.74, 6) is -1.02. The minimum atomic E-state index is -1.22. The van der Waals surface area contributed by atoms with E-state index in [1.807, 2.05) is 0 Å². The van der Waals surface area contributed by atoms with Crippen LogP contribution in [0, 0.1) is 0 Å². The number of benzene rings is 2. The summed E-state index contributed by atoms with van der Waals surface area (Å²) < 4.78 is 38.7. The lowest BCUT2D eigenvalue weighted by Crippen LogP contribution is -2.59. The summed E-state index contributed by atoms with van der Waals surface area (Å²) in [5, 5.41) is 2.54. The zero-order valence-corrected chi connectivity index (χ0v) is 23.6. The molecular formula is C29H33NO11. The number of nitrogens with one attached hydrogen (secondary N) is 1. The number of ketones is 1. The van der Waals surface area contributed by atoms with Gasteiger partial charge in [0.05, 0.1) is 27.8 Å². The summed E-state index contributed by atoms with van der Waals surface area (Å²) in [6, 6.07) is 10.1. The quantitative estimate of drug-likeness (QED) is 0.241. The highest BCUT2D eigenvalue weighted by Crippen LogP contribution is 2.37. The van der Waals surface area contributed by atoms with Gasteiger partial charge in [-0.05, 0) is 23.8 Å². The van der Waals surface area contributed by atoms with Gasteiger partial charge >= 0.3 is 11.9 Å². The first-order valence-electron chi connectivity index (χ1n) is 12.6. The minimum Gasteiger partial charge on any atom is -0.497 e. The van der Waals surface area contributed by atoms with Crippen molar-refractivity contribution in [3.8, 4) is 23.0 Å². The molecule has 2 aromatic rings. The predicted octanol–water partition coefficient (Wildman–Crippen LogP) is 3.06. The topological polar surface area (TPSA) is 145 Å². The summed E-state index contributed by atoms with van der Waals surface area (Å²) in [5.41, 5.74) is 0.826. The minimum absolute atomic E-state index is 0.0460. The van der Waals surface area contributed by atoms with Crippen molar-refractivity contribution in [2.45, 2.75) is 51.9 Å². The maximum Gasteiger partial charge on any atom is 0.303 e. The van der Waals surface area contributed by atoms with Gasteiger partial charge in [0.25, 0.3) is 0 Å². The number of hydrogen-bond acceptors (Lipinski definition) is 11. The Morgan fingerprint density at radius 1 is 0.854 bits per heavy atom. The molecule has 3 rings (SSSR count). The van der Waals surface area contributed by atoms with E-state index < -0.39 is 48.4 Å². The third kappa shape index (κ3) is 8.45. The summed E-state index contributed by atoms with van der Waals surface area (Å²) in [6.07, 6.45) is -1.67. The monoisotopic (exact) mass is 571 g/mol. The summed E-state index contributed by atoms with van der Waals surface area (Å²) in [4.78, 5) is 49.0. The third-order valence-corrected chi connectivity index (χ3v) is 5.90. The van der Waals surface area contributed by atoms with Crippen LogP contribution in [-0.4, -0.2) is 69.7 Å². The van der Waals surface area contributed by atoms with Crippen molar-refractivity contribution in [2.75, 3.05) is 21.3 Å². The number of hydrogen-bond donors (Lipinski definition) is 1. The first-order valence-corrected chi connectivity index (χ1v) is 12.6. The molecule has 0 aromatic heterocycles. The number of allylic oxidation sites excluding steroid dienone is 1. The number of methoxy groups -OCH3 is 3. The average Bonchev–Trinajstić information content (AvgIpc) is 2.92. The Morgan fingerprint density at radius 3 is 2.05 bits per heavy atom. The molecule has 2 aromatic carbocycles. The van der Waals surface area contributed by atoms with Crippen LogP contribution in [0.1, 0.15) is 43.1 Å². The molecule has 1 saturated heterocycles. The second-order valence-electron chi connectivity index (χ2n) is 8.94. The van der Waals surface area contributed by atoms with Crippen LogP contribution in [-0.2, 0) is 28.6 Å². The molecule has 1 aliphatic heterocycles. The van der Waals surface area contributed by atoms with Crippen molar-refractivity contribution < 1.29 is 52.3 Å². The molecule has 0 saturated carbocycles. The van der Waals surface area contributed by atoms with Crippen molar-refractivity contribution in [2.24, 2.45) is 0 Å². The van der Waals surface area contributed by atoms with Gasteiger partial charge in [0, 0.05) is 32.9 Å². The fourth-order valence-corrected chi connectivity index (χ4v) is 4.16. The molecule has 4 atom stereocenters. The van der Waals surface area contributed by atoms with Gasteiger partial charge in [0.15, 0.2) is 18.1 Å². The summed E-state index contributed by atoms with van der Waals surface area (Å²) in [6.45, 7) is 3.62. The van der Waals surface area contributed by atoms with E-state index in [4.69, 9.17) is 33.2 Å². The van der Waals surface area contributed by atoms with Gasteiger partial charge < -0.3 is 38.5 Å². The van der Waals surface area contributed by atoms with E-state index in [9.17, 15) is 19.2 Å². The van der Waals surface area contributed by atoms with Crippen LogP contribution < -0.4 is 24.3 Å². The number of esters is 2. The van der Waals surface area contributed by atoms with Crippen LogP contribution >= 0.6 is 0 Å². The lowest BCUT2D eigenvalue weighted by molar-refractivity contribution is -0.243.